The average molecular weight is 193 g/mol. The van der Waals surface area contributed by atoms with Gasteiger partial charge in [0.15, 0.2) is 0 Å². The second kappa shape index (κ2) is 2.93. The normalized spacial score (nSPS) is 33.4. The van der Waals surface area contributed by atoms with E-state index < -0.39 is 21.4 Å². The van der Waals surface area contributed by atoms with E-state index in [1.165, 1.54) is 7.11 Å². The first-order valence-electron chi connectivity index (χ1n) is 3.52. The molecule has 1 heterocycles. The molecule has 0 bridgehead atoms. The molecule has 0 unspecified atom stereocenters. The molecule has 2 atom stereocenters. The number of rotatable bonds is 0. The molecule has 0 saturated carbocycles. The highest BCUT2D eigenvalue weighted by Gasteiger charge is 2.34. The van der Waals surface area contributed by atoms with E-state index in [0.29, 0.717) is 0 Å². The second-order valence-corrected chi connectivity index (χ2v) is 4.56. The van der Waals surface area contributed by atoms with Gasteiger partial charge in [0.2, 0.25) is 0 Å². The Morgan fingerprint density at radius 1 is 1.50 bits per heavy atom. The molecule has 0 aliphatic carbocycles. The van der Waals surface area contributed by atoms with E-state index in [4.69, 9.17) is 4.74 Å². The zero-order chi connectivity index (χ0) is 9.35. The van der Waals surface area contributed by atoms with Crippen molar-refractivity contribution in [2.24, 2.45) is 4.40 Å². The minimum absolute atomic E-state index is 0.180. The van der Waals surface area contributed by atoms with Gasteiger partial charge in [-0.15, -0.1) is 0 Å². The maximum atomic E-state index is 11.2. The van der Waals surface area contributed by atoms with Gasteiger partial charge in [-0.1, -0.05) is 4.40 Å². The van der Waals surface area contributed by atoms with Gasteiger partial charge in [-0.05, 0) is 13.8 Å². The van der Waals surface area contributed by atoms with E-state index in [1.807, 2.05) is 0 Å². The van der Waals surface area contributed by atoms with Crippen molar-refractivity contribution in [2.75, 3.05) is 7.11 Å². The molecular formula is C6H11NO4S. The third-order valence-corrected chi connectivity index (χ3v) is 3.52. The van der Waals surface area contributed by atoms with Crippen LogP contribution < -0.4 is 0 Å². The zero-order valence-electron chi connectivity index (χ0n) is 7.14. The van der Waals surface area contributed by atoms with Crippen LogP contribution in [0.1, 0.15) is 13.8 Å². The van der Waals surface area contributed by atoms with Crippen molar-refractivity contribution < 1.29 is 17.9 Å². The monoisotopic (exact) mass is 193 g/mol. The van der Waals surface area contributed by atoms with Crippen LogP contribution in [-0.4, -0.2) is 33.0 Å². The summed E-state index contributed by atoms with van der Waals surface area (Å²) >= 11 is 0. The van der Waals surface area contributed by atoms with E-state index in [0.717, 1.165) is 0 Å². The molecule has 0 aromatic rings. The van der Waals surface area contributed by atoms with Crippen LogP contribution in [0.5, 0.6) is 0 Å². The fourth-order valence-corrected chi connectivity index (χ4v) is 1.82. The first-order valence-corrected chi connectivity index (χ1v) is 5.02. The van der Waals surface area contributed by atoms with E-state index >= 15 is 0 Å². The van der Waals surface area contributed by atoms with Gasteiger partial charge in [0.1, 0.15) is 11.4 Å². The Morgan fingerprint density at radius 2 is 2.08 bits per heavy atom. The van der Waals surface area contributed by atoms with E-state index in [1.54, 1.807) is 13.8 Å². The molecule has 1 aliphatic rings. The quantitative estimate of drug-likeness (QED) is 0.548. The summed E-state index contributed by atoms with van der Waals surface area (Å²) in [4.78, 5) is 0. The van der Waals surface area contributed by atoms with Crippen LogP contribution in [-0.2, 0) is 19.5 Å². The summed E-state index contributed by atoms with van der Waals surface area (Å²) in [6.07, 6.45) is -0.594. The standard InChI is InChI=1S/C6H11NO4S/c1-4-5(2)12(8,9)7-6(10-3)11-4/h4-5H,1-3H3/t4-,5+/m1/s1. The maximum absolute atomic E-state index is 11.2. The lowest BCUT2D eigenvalue weighted by atomic mass is 10.3. The van der Waals surface area contributed by atoms with Gasteiger partial charge in [0.05, 0.1) is 7.11 Å². The molecule has 1 aliphatic heterocycles. The predicted molar refractivity (Wildman–Crippen MR) is 43.4 cm³/mol. The van der Waals surface area contributed by atoms with Crippen molar-refractivity contribution in [2.45, 2.75) is 25.2 Å². The number of nitrogens with zero attached hydrogens (tertiary/aromatic N) is 1. The van der Waals surface area contributed by atoms with Crippen molar-refractivity contribution in [1.29, 1.82) is 0 Å². The fraction of sp³-hybridized carbons (Fsp3) is 0.833. The smallest absolute Gasteiger partial charge is 0.399 e. The van der Waals surface area contributed by atoms with Gasteiger partial charge in [-0.3, -0.25) is 0 Å². The second-order valence-electron chi connectivity index (χ2n) is 2.60. The molecule has 0 fully saturated rings. The molecule has 70 valence electrons. The van der Waals surface area contributed by atoms with Gasteiger partial charge in [-0.2, -0.15) is 0 Å². The first-order chi connectivity index (χ1) is 5.47. The van der Waals surface area contributed by atoms with Crippen LogP contribution in [0.15, 0.2) is 4.40 Å². The molecule has 12 heavy (non-hydrogen) atoms. The third-order valence-electron chi connectivity index (χ3n) is 1.79. The van der Waals surface area contributed by atoms with Crippen molar-refractivity contribution in [1.82, 2.24) is 0 Å². The molecule has 0 aromatic heterocycles. The van der Waals surface area contributed by atoms with Crippen LogP contribution in [0.4, 0.5) is 0 Å². The topological polar surface area (TPSA) is 65.0 Å². The molecule has 5 nitrogen and oxygen atoms in total. The van der Waals surface area contributed by atoms with Crippen molar-refractivity contribution in [3.63, 3.8) is 0 Å². The third kappa shape index (κ3) is 1.52. The number of sulfonamides is 1. The van der Waals surface area contributed by atoms with Gasteiger partial charge < -0.3 is 9.47 Å². The van der Waals surface area contributed by atoms with Crippen LogP contribution in [0.25, 0.3) is 0 Å². The lowest BCUT2D eigenvalue weighted by molar-refractivity contribution is 0.132. The van der Waals surface area contributed by atoms with Crippen LogP contribution in [0.3, 0.4) is 0 Å². The van der Waals surface area contributed by atoms with E-state index in [-0.39, 0.29) is 6.08 Å². The summed E-state index contributed by atoms with van der Waals surface area (Å²) in [5.41, 5.74) is 0. The Kier molecular flexibility index (Phi) is 2.27. The number of methoxy groups -OCH3 is 1. The SMILES string of the molecule is COC1=NS(=O)(=O)[C@@H](C)[C@@H](C)O1. The molecule has 6 heteroatoms. The molecule has 1 rings (SSSR count). The summed E-state index contributed by atoms with van der Waals surface area (Å²) in [5.74, 6) is 0. The lowest BCUT2D eigenvalue weighted by Gasteiger charge is -2.23. The highest BCUT2D eigenvalue weighted by molar-refractivity contribution is 7.91. The molecular weight excluding hydrogens is 182 g/mol. The molecule has 0 N–H and O–H groups in total. The highest BCUT2D eigenvalue weighted by atomic mass is 32.2. The van der Waals surface area contributed by atoms with E-state index in [9.17, 15) is 8.42 Å². The Bertz CT molecular complexity index is 295. The Labute approximate surface area is 71.4 Å². The lowest BCUT2D eigenvalue weighted by Crippen LogP contribution is -2.37. The molecule has 0 amide bonds. The summed E-state index contributed by atoms with van der Waals surface area (Å²) in [7, 11) is -2.12. The molecule has 0 spiro atoms. The first kappa shape index (κ1) is 9.31. The number of hydrogen-bond donors (Lipinski definition) is 0. The summed E-state index contributed by atoms with van der Waals surface area (Å²) in [5, 5.41) is -0.614. The van der Waals surface area contributed by atoms with E-state index in [2.05, 4.69) is 9.13 Å². The van der Waals surface area contributed by atoms with Gasteiger partial charge >= 0.3 is 6.08 Å². The zero-order valence-corrected chi connectivity index (χ0v) is 7.96. The Morgan fingerprint density at radius 3 is 2.50 bits per heavy atom. The average Bonchev–Trinajstić information content (AvgIpc) is 1.99. The van der Waals surface area contributed by atoms with Crippen LogP contribution >= 0.6 is 0 Å². The maximum Gasteiger partial charge on any atom is 0.399 e. The van der Waals surface area contributed by atoms with Crippen LogP contribution in [0.2, 0.25) is 0 Å². The van der Waals surface area contributed by atoms with Gasteiger partial charge in [0, 0.05) is 0 Å². The minimum Gasteiger partial charge on any atom is -0.453 e. The number of hydrogen-bond acceptors (Lipinski definition) is 4. The summed E-state index contributed by atoms with van der Waals surface area (Å²) in [6, 6.07) is 0. The fourth-order valence-electron chi connectivity index (χ4n) is 0.791. The summed E-state index contributed by atoms with van der Waals surface area (Å²) in [6.45, 7) is 3.21. The predicted octanol–water partition coefficient (Wildman–Crippen LogP) is 0.126. The largest absolute Gasteiger partial charge is 0.453 e. The molecule has 0 saturated heterocycles. The summed E-state index contributed by atoms with van der Waals surface area (Å²) < 4.78 is 35.4. The highest BCUT2D eigenvalue weighted by Crippen LogP contribution is 2.17. The van der Waals surface area contributed by atoms with Crippen molar-refractivity contribution in [3.8, 4) is 0 Å². The molecule has 0 radical (unpaired) electrons. The molecule has 0 aromatic carbocycles. The van der Waals surface area contributed by atoms with Crippen LogP contribution in [0, 0.1) is 0 Å². The Hall–Kier alpha value is -0.780. The number of ether oxygens (including phenoxy) is 2. The van der Waals surface area contributed by atoms with Crippen molar-refractivity contribution in [3.05, 3.63) is 0 Å². The minimum atomic E-state index is -3.43. The Balaban J connectivity index is 3.04. The van der Waals surface area contributed by atoms with Gasteiger partial charge in [0.25, 0.3) is 10.0 Å². The van der Waals surface area contributed by atoms with Crippen molar-refractivity contribution >= 4 is 16.1 Å². The van der Waals surface area contributed by atoms with Gasteiger partial charge in [-0.25, -0.2) is 8.42 Å².